The van der Waals surface area contributed by atoms with Crippen LogP contribution in [0.25, 0.3) is 0 Å². The highest BCUT2D eigenvalue weighted by atomic mass is 127. The van der Waals surface area contributed by atoms with Crippen LogP contribution in [-0.4, -0.2) is 11.8 Å². The van der Waals surface area contributed by atoms with Crippen LogP contribution >= 0.6 is 22.6 Å². The molecule has 2 rings (SSSR count). The lowest BCUT2D eigenvalue weighted by molar-refractivity contribution is -0.117. The van der Waals surface area contributed by atoms with Crippen molar-refractivity contribution in [2.45, 2.75) is 19.3 Å². The molecule has 0 saturated carbocycles. The van der Waals surface area contributed by atoms with Crippen LogP contribution in [0.1, 0.15) is 35.2 Å². The van der Waals surface area contributed by atoms with Crippen molar-refractivity contribution in [2.75, 3.05) is 5.32 Å². The number of primary amides is 1. The van der Waals surface area contributed by atoms with Crippen LogP contribution in [0, 0.1) is 9.39 Å². The first-order valence-corrected chi connectivity index (χ1v) is 8.16. The lowest BCUT2D eigenvalue weighted by atomic mass is 9.95. The van der Waals surface area contributed by atoms with Crippen molar-refractivity contribution in [3.8, 4) is 0 Å². The third kappa shape index (κ3) is 4.28. The molecule has 0 aliphatic heterocycles. The quantitative estimate of drug-likeness (QED) is 0.717. The normalized spacial score (nSPS) is 11.8. The molecule has 0 fully saturated rings. The number of anilines is 1. The Morgan fingerprint density at radius 2 is 2.00 bits per heavy atom. The molecule has 3 N–H and O–H groups in total. The average molecular weight is 426 g/mol. The number of benzene rings is 2. The van der Waals surface area contributed by atoms with Crippen LogP contribution in [-0.2, 0) is 4.79 Å². The highest BCUT2D eigenvalue weighted by Gasteiger charge is 2.20. The van der Waals surface area contributed by atoms with Gasteiger partial charge in [-0.25, -0.2) is 4.39 Å². The second-order valence-corrected chi connectivity index (χ2v) is 6.23. The van der Waals surface area contributed by atoms with Crippen molar-refractivity contribution < 1.29 is 14.0 Å². The molecule has 1 unspecified atom stereocenters. The van der Waals surface area contributed by atoms with Gasteiger partial charge in [0.05, 0.1) is 11.5 Å². The van der Waals surface area contributed by atoms with Gasteiger partial charge in [-0.2, -0.15) is 0 Å². The maximum Gasteiger partial charge on any atom is 0.249 e. The number of nitrogens with two attached hydrogens (primary N) is 1. The molecule has 0 aliphatic carbocycles. The summed E-state index contributed by atoms with van der Waals surface area (Å²) in [5.41, 5.74) is 6.76. The van der Waals surface area contributed by atoms with Crippen LogP contribution in [0.15, 0.2) is 42.5 Å². The van der Waals surface area contributed by atoms with E-state index in [-0.39, 0.29) is 11.7 Å². The number of halogens is 2. The average Bonchev–Trinajstić information content (AvgIpc) is 2.50. The van der Waals surface area contributed by atoms with E-state index in [4.69, 9.17) is 5.73 Å². The van der Waals surface area contributed by atoms with Gasteiger partial charge in [-0.3, -0.25) is 9.59 Å². The van der Waals surface area contributed by atoms with E-state index in [1.165, 1.54) is 12.1 Å². The maximum atomic E-state index is 13.4. The third-order valence-electron chi connectivity index (χ3n) is 3.48. The molecule has 0 aromatic heterocycles. The van der Waals surface area contributed by atoms with Crippen LogP contribution < -0.4 is 11.1 Å². The minimum absolute atomic E-state index is 0.255. The standard InChI is InChI=1S/C17H16FIN2O2/c1-2-13(10-4-3-5-11(18)8-10)17(23)21-12-6-7-15(19)14(9-12)16(20)22/h3-9,13H,2H2,1H3,(H2,20,22)(H,21,23). The van der Waals surface area contributed by atoms with Gasteiger partial charge in [-0.05, 0) is 64.9 Å². The molecule has 0 saturated heterocycles. The third-order valence-corrected chi connectivity index (χ3v) is 4.42. The van der Waals surface area contributed by atoms with E-state index < -0.39 is 11.8 Å². The molecule has 0 aliphatic rings. The molecule has 6 heteroatoms. The number of hydrogen-bond acceptors (Lipinski definition) is 2. The van der Waals surface area contributed by atoms with Crippen LogP contribution in [0.3, 0.4) is 0 Å². The van der Waals surface area contributed by atoms with Gasteiger partial charge in [-0.1, -0.05) is 19.1 Å². The lowest BCUT2D eigenvalue weighted by Gasteiger charge is -2.16. The first kappa shape index (κ1) is 17.4. The molecule has 0 bridgehead atoms. The van der Waals surface area contributed by atoms with Gasteiger partial charge < -0.3 is 11.1 Å². The Labute approximate surface area is 147 Å². The van der Waals surface area contributed by atoms with Crippen molar-refractivity contribution >= 4 is 40.1 Å². The molecule has 2 amide bonds. The monoisotopic (exact) mass is 426 g/mol. The van der Waals surface area contributed by atoms with Gasteiger partial charge in [0.1, 0.15) is 5.82 Å². The number of carbonyl (C=O) groups excluding carboxylic acids is 2. The molecule has 0 radical (unpaired) electrons. The highest BCUT2D eigenvalue weighted by Crippen LogP contribution is 2.24. The summed E-state index contributed by atoms with van der Waals surface area (Å²) in [6.45, 7) is 1.86. The summed E-state index contributed by atoms with van der Waals surface area (Å²) in [6, 6.07) is 10.9. The molecule has 120 valence electrons. The van der Waals surface area contributed by atoms with Gasteiger partial charge in [-0.15, -0.1) is 0 Å². The topological polar surface area (TPSA) is 72.2 Å². The Bertz CT molecular complexity index is 749. The Balaban J connectivity index is 2.23. The summed E-state index contributed by atoms with van der Waals surface area (Å²) in [6.07, 6.45) is 0.530. The molecule has 2 aromatic carbocycles. The Morgan fingerprint density at radius 3 is 2.61 bits per heavy atom. The van der Waals surface area contributed by atoms with E-state index in [9.17, 15) is 14.0 Å². The molecular weight excluding hydrogens is 410 g/mol. The van der Waals surface area contributed by atoms with E-state index in [2.05, 4.69) is 5.32 Å². The number of amides is 2. The van der Waals surface area contributed by atoms with Crippen molar-refractivity contribution in [1.82, 2.24) is 0 Å². The smallest absolute Gasteiger partial charge is 0.249 e. The summed E-state index contributed by atoms with van der Waals surface area (Å²) in [4.78, 5) is 23.8. The van der Waals surface area contributed by atoms with Crippen LogP contribution in [0.2, 0.25) is 0 Å². The minimum atomic E-state index is -0.553. The molecular formula is C17H16FIN2O2. The molecule has 23 heavy (non-hydrogen) atoms. The van der Waals surface area contributed by atoms with E-state index >= 15 is 0 Å². The maximum absolute atomic E-state index is 13.4. The second-order valence-electron chi connectivity index (χ2n) is 5.06. The number of nitrogens with one attached hydrogen (secondary N) is 1. The lowest BCUT2D eigenvalue weighted by Crippen LogP contribution is -2.21. The van der Waals surface area contributed by atoms with Crippen molar-refractivity contribution in [3.63, 3.8) is 0 Å². The SMILES string of the molecule is CCC(C(=O)Nc1ccc(I)c(C(N)=O)c1)c1cccc(F)c1. The van der Waals surface area contributed by atoms with Crippen LogP contribution in [0.4, 0.5) is 10.1 Å². The summed E-state index contributed by atoms with van der Waals surface area (Å²) in [5, 5.41) is 2.76. The molecule has 0 spiro atoms. The Morgan fingerprint density at radius 1 is 1.26 bits per heavy atom. The zero-order chi connectivity index (χ0) is 17.0. The van der Waals surface area contributed by atoms with E-state index in [0.717, 1.165) is 0 Å². The Hall–Kier alpha value is -1.96. The van der Waals surface area contributed by atoms with Gasteiger partial charge in [0.25, 0.3) is 0 Å². The van der Waals surface area contributed by atoms with Crippen molar-refractivity contribution in [3.05, 3.63) is 63.0 Å². The number of hydrogen-bond donors (Lipinski definition) is 2. The largest absolute Gasteiger partial charge is 0.366 e. The zero-order valence-electron chi connectivity index (χ0n) is 12.5. The number of carbonyl (C=O) groups is 2. The summed E-state index contributed by atoms with van der Waals surface area (Å²) >= 11 is 2.00. The predicted molar refractivity (Wildman–Crippen MR) is 95.7 cm³/mol. The molecule has 1 atom stereocenters. The fraction of sp³-hybridized carbons (Fsp3) is 0.176. The van der Waals surface area contributed by atoms with Gasteiger partial charge in [0, 0.05) is 9.26 Å². The minimum Gasteiger partial charge on any atom is -0.366 e. The van der Waals surface area contributed by atoms with E-state index in [1.807, 2.05) is 29.5 Å². The van der Waals surface area contributed by atoms with E-state index in [1.54, 1.807) is 30.3 Å². The van der Waals surface area contributed by atoms with E-state index in [0.29, 0.717) is 26.8 Å². The predicted octanol–water partition coefficient (Wildman–Crippen LogP) is 3.66. The highest BCUT2D eigenvalue weighted by molar-refractivity contribution is 14.1. The fourth-order valence-electron chi connectivity index (χ4n) is 2.32. The number of rotatable bonds is 5. The molecule has 2 aromatic rings. The second kappa shape index (κ2) is 7.54. The fourth-order valence-corrected chi connectivity index (χ4v) is 2.92. The van der Waals surface area contributed by atoms with Gasteiger partial charge in [0.2, 0.25) is 11.8 Å². The Kier molecular flexibility index (Phi) is 5.70. The van der Waals surface area contributed by atoms with Crippen LogP contribution in [0.5, 0.6) is 0 Å². The first-order chi connectivity index (χ1) is 10.9. The summed E-state index contributed by atoms with van der Waals surface area (Å²) < 4.78 is 14.1. The molecule has 0 heterocycles. The van der Waals surface area contributed by atoms with Crippen molar-refractivity contribution in [2.24, 2.45) is 5.73 Å². The summed E-state index contributed by atoms with van der Waals surface area (Å²) in [7, 11) is 0. The summed E-state index contributed by atoms with van der Waals surface area (Å²) in [5.74, 6) is -1.65. The zero-order valence-corrected chi connectivity index (χ0v) is 14.6. The van der Waals surface area contributed by atoms with Gasteiger partial charge in [0.15, 0.2) is 0 Å². The van der Waals surface area contributed by atoms with Gasteiger partial charge >= 0.3 is 0 Å². The molecule has 4 nitrogen and oxygen atoms in total. The van der Waals surface area contributed by atoms with Crippen molar-refractivity contribution in [1.29, 1.82) is 0 Å². The first-order valence-electron chi connectivity index (χ1n) is 7.08.